The Morgan fingerprint density at radius 3 is 2.63 bits per heavy atom. The molecule has 2 heterocycles. The van der Waals surface area contributed by atoms with Crippen LogP contribution in [0.3, 0.4) is 0 Å². The molecule has 102 valence electrons. The zero-order chi connectivity index (χ0) is 13.7. The highest BCUT2D eigenvalue weighted by molar-refractivity contribution is 5.09. The van der Waals surface area contributed by atoms with Crippen molar-refractivity contribution in [1.29, 1.82) is 0 Å². The van der Waals surface area contributed by atoms with E-state index in [1.807, 2.05) is 35.4 Å². The van der Waals surface area contributed by atoms with Crippen molar-refractivity contribution in [3.63, 3.8) is 0 Å². The maximum Gasteiger partial charge on any atom is 0.0965 e. The lowest BCUT2D eigenvalue weighted by atomic mass is 10.1. The highest BCUT2D eigenvalue weighted by atomic mass is 15.4. The molecule has 5 heteroatoms. The molecule has 0 fully saturated rings. The second kappa shape index (κ2) is 5.93. The van der Waals surface area contributed by atoms with E-state index in [4.69, 9.17) is 0 Å². The van der Waals surface area contributed by atoms with Crippen LogP contribution in [0.15, 0.2) is 30.7 Å². The zero-order valence-corrected chi connectivity index (χ0v) is 11.8. The standard InChI is InChI=1S/C14H21N5/c1-14(2,3)16-10-13-11-19(18-17-13)9-6-12-4-7-15-8-5-12/h4-5,7-8,11,16H,6,9-10H2,1-3H3. The number of hydrogen-bond donors (Lipinski definition) is 1. The zero-order valence-electron chi connectivity index (χ0n) is 11.8. The summed E-state index contributed by atoms with van der Waals surface area (Å²) < 4.78 is 1.89. The molecule has 2 aromatic rings. The minimum absolute atomic E-state index is 0.0980. The fourth-order valence-electron chi connectivity index (χ4n) is 1.68. The minimum atomic E-state index is 0.0980. The number of pyridine rings is 1. The highest BCUT2D eigenvalue weighted by Gasteiger charge is 2.09. The lowest BCUT2D eigenvalue weighted by molar-refractivity contribution is 0.421. The van der Waals surface area contributed by atoms with Crippen LogP contribution in [0.25, 0.3) is 0 Å². The number of nitrogens with zero attached hydrogens (tertiary/aromatic N) is 4. The molecule has 0 aliphatic carbocycles. The van der Waals surface area contributed by atoms with Gasteiger partial charge in [-0.25, -0.2) is 0 Å². The summed E-state index contributed by atoms with van der Waals surface area (Å²) in [7, 11) is 0. The summed E-state index contributed by atoms with van der Waals surface area (Å²) in [6.45, 7) is 8.01. The Bertz CT molecular complexity index is 498. The van der Waals surface area contributed by atoms with Crippen LogP contribution in [0.2, 0.25) is 0 Å². The van der Waals surface area contributed by atoms with Crippen LogP contribution >= 0.6 is 0 Å². The van der Waals surface area contributed by atoms with Gasteiger partial charge in [-0.05, 0) is 44.9 Å². The smallest absolute Gasteiger partial charge is 0.0965 e. The van der Waals surface area contributed by atoms with Crippen LogP contribution in [-0.2, 0) is 19.5 Å². The van der Waals surface area contributed by atoms with E-state index in [9.17, 15) is 0 Å². The first kappa shape index (κ1) is 13.7. The van der Waals surface area contributed by atoms with Gasteiger partial charge in [0, 0.05) is 37.2 Å². The van der Waals surface area contributed by atoms with Crippen molar-refractivity contribution in [2.45, 2.75) is 45.8 Å². The van der Waals surface area contributed by atoms with E-state index in [2.05, 4.69) is 41.4 Å². The number of nitrogens with one attached hydrogen (secondary N) is 1. The SMILES string of the molecule is CC(C)(C)NCc1cn(CCc2ccncc2)nn1. The largest absolute Gasteiger partial charge is 0.306 e. The van der Waals surface area contributed by atoms with Gasteiger partial charge in [0.05, 0.1) is 5.69 Å². The van der Waals surface area contributed by atoms with Crippen LogP contribution in [0.5, 0.6) is 0 Å². The van der Waals surface area contributed by atoms with Gasteiger partial charge in [0.25, 0.3) is 0 Å². The van der Waals surface area contributed by atoms with Gasteiger partial charge in [0.1, 0.15) is 0 Å². The molecule has 19 heavy (non-hydrogen) atoms. The van der Waals surface area contributed by atoms with Crippen molar-refractivity contribution in [2.24, 2.45) is 0 Å². The minimum Gasteiger partial charge on any atom is -0.306 e. The van der Waals surface area contributed by atoms with Gasteiger partial charge in [-0.15, -0.1) is 5.10 Å². The van der Waals surface area contributed by atoms with Crippen LogP contribution in [0.4, 0.5) is 0 Å². The first-order valence-electron chi connectivity index (χ1n) is 6.56. The lowest BCUT2D eigenvalue weighted by Crippen LogP contribution is -2.35. The molecule has 0 radical (unpaired) electrons. The van der Waals surface area contributed by atoms with E-state index in [-0.39, 0.29) is 5.54 Å². The molecule has 0 bridgehead atoms. The Morgan fingerprint density at radius 1 is 1.21 bits per heavy atom. The van der Waals surface area contributed by atoms with Gasteiger partial charge >= 0.3 is 0 Å². The fourth-order valence-corrected chi connectivity index (χ4v) is 1.68. The van der Waals surface area contributed by atoms with Gasteiger partial charge in [-0.3, -0.25) is 9.67 Å². The summed E-state index contributed by atoms with van der Waals surface area (Å²) in [4.78, 5) is 4.01. The molecule has 2 rings (SSSR count). The number of aromatic nitrogens is 4. The predicted molar refractivity (Wildman–Crippen MR) is 74.6 cm³/mol. The average molecular weight is 259 g/mol. The average Bonchev–Trinajstić information content (AvgIpc) is 2.82. The Hall–Kier alpha value is -1.75. The summed E-state index contributed by atoms with van der Waals surface area (Å²) >= 11 is 0. The summed E-state index contributed by atoms with van der Waals surface area (Å²) in [5, 5.41) is 11.7. The van der Waals surface area contributed by atoms with Crippen molar-refractivity contribution in [1.82, 2.24) is 25.3 Å². The second-order valence-electron chi connectivity index (χ2n) is 5.68. The number of hydrogen-bond acceptors (Lipinski definition) is 4. The maximum absolute atomic E-state index is 4.17. The van der Waals surface area contributed by atoms with Crippen molar-refractivity contribution >= 4 is 0 Å². The maximum atomic E-state index is 4.17. The van der Waals surface area contributed by atoms with Crippen molar-refractivity contribution < 1.29 is 0 Å². The molecule has 0 amide bonds. The van der Waals surface area contributed by atoms with Gasteiger partial charge < -0.3 is 5.32 Å². The highest BCUT2D eigenvalue weighted by Crippen LogP contribution is 2.03. The van der Waals surface area contributed by atoms with E-state index >= 15 is 0 Å². The van der Waals surface area contributed by atoms with Gasteiger partial charge in [-0.2, -0.15) is 0 Å². The van der Waals surface area contributed by atoms with Crippen LogP contribution in [-0.4, -0.2) is 25.5 Å². The molecule has 0 spiro atoms. The van der Waals surface area contributed by atoms with Crippen LogP contribution in [0.1, 0.15) is 32.0 Å². The Balaban J connectivity index is 1.84. The lowest BCUT2D eigenvalue weighted by Gasteiger charge is -2.19. The number of rotatable bonds is 5. The molecule has 0 saturated carbocycles. The van der Waals surface area contributed by atoms with Crippen molar-refractivity contribution in [3.8, 4) is 0 Å². The Kier molecular flexibility index (Phi) is 4.27. The van der Waals surface area contributed by atoms with E-state index < -0.39 is 0 Å². The topological polar surface area (TPSA) is 55.6 Å². The molecule has 0 aromatic carbocycles. The third-order valence-corrected chi connectivity index (χ3v) is 2.76. The van der Waals surface area contributed by atoms with E-state index in [1.165, 1.54) is 5.56 Å². The fraction of sp³-hybridized carbons (Fsp3) is 0.500. The van der Waals surface area contributed by atoms with Crippen molar-refractivity contribution in [2.75, 3.05) is 0 Å². The summed E-state index contributed by atoms with van der Waals surface area (Å²) in [5.41, 5.74) is 2.34. The third-order valence-electron chi connectivity index (χ3n) is 2.76. The molecular weight excluding hydrogens is 238 g/mol. The summed E-state index contributed by atoms with van der Waals surface area (Å²) in [6.07, 6.45) is 6.57. The molecular formula is C14H21N5. The molecule has 0 saturated heterocycles. The second-order valence-corrected chi connectivity index (χ2v) is 5.68. The van der Waals surface area contributed by atoms with Crippen molar-refractivity contribution in [3.05, 3.63) is 42.0 Å². The predicted octanol–water partition coefficient (Wildman–Crippen LogP) is 1.80. The molecule has 5 nitrogen and oxygen atoms in total. The van der Waals surface area contributed by atoms with Gasteiger partial charge in [0.2, 0.25) is 0 Å². The molecule has 0 atom stereocenters. The van der Waals surface area contributed by atoms with E-state index in [0.29, 0.717) is 0 Å². The molecule has 2 aromatic heterocycles. The van der Waals surface area contributed by atoms with Crippen LogP contribution < -0.4 is 5.32 Å². The molecule has 1 N–H and O–H groups in total. The first-order chi connectivity index (χ1) is 9.03. The molecule has 0 aliphatic rings. The third kappa shape index (κ3) is 4.79. The monoisotopic (exact) mass is 259 g/mol. The summed E-state index contributed by atoms with van der Waals surface area (Å²) in [5.74, 6) is 0. The first-order valence-corrected chi connectivity index (χ1v) is 6.56. The number of aryl methyl sites for hydroxylation is 2. The summed E-state index contributed by atoms with van der Waals surface area (Å²) in [6, 6.07) is 4.05. The normalized spacial score (nSPS) is 11.7. The molecule has 0 unspecified atom stereocenters. The van der Waals surface area contributed by atoms with Gasteiger partial charge in [0.15, 0.2) is 0 Å². The Labute approximate surface area is 114 Å². The van der Waals surface area contributed by atoms with Gasteiger partial charge in [-0.1, -0.05) is 5.21 Å². The molecule has 0 aliphatic heterocycles. The van der Waals surface area contributed by atoms with Crippen LogP contribution in [0, 0.1) is 0 Å². The quantitative estimate of drug-likeness (QED) is 0.889. The van der Waals surface area contributed by atoms with E-state index in [0.717, 1.165) is 25.2 Å². The Morgan fingerprint density at radius 2 is 1.95 bits per heavy atom. The van der Waals surface area contributed by atoms with E-state index in [1.54, 1.807) is 0 Å².